The van der Waals surface area contributed by atoms with E-state index < -0.39 is 0 Å². The van der Waals surface area contributed by atoms with Crippen LogP contribution >= 0.6 is 0 Å². The summed E-state index contributed by atoms with van der Waals surface area (Å²) < 4.78 is 10.6. The van der Waals surface area contributed by atoms with E-state index in [0.29, 0.717) is 6.61 Å². The minimum absolute atomic E-state index is 0.154. The number of esters is 1. The van der Waals surface area contributed by atoms with E-state index in [-0.39, 0.29) is 18.1 Å². The first-order chi connectivity index (χ1) is 8.67. The lowest BCUT2D eigenvalue weighted by atomic mass is 10.2. The molecule has 1 saturated heterocycles. The van der Waals surface area contributed by atoms with E-state index in [1.54, 1.807) is 7.05 Å². The second-order valence-electron chi connectivity index (χ2n) is 4.72. The maximum absolute atomic E-state index is 11.7. The maximum atomic E-state index is 11.7. The molecule has 5 nitrogen and oxygen atoms in total. The first-order valence-electron chi connectivity index (χ1n) is 6.85. The highest BCUT2D eigenvalue weighted by molar-refractivity contribution is 5.75. The summed E-state index contributed by atoms with van der Waals surface area (Å²) in [7, 11) is 1.80. The predicted molar refractivity (Wildman–Crippen MR) is 70.6 cm³/mol. The van der Waals surface area contributed by atoms with E-state index in [9.17, 15) is 4.79 Å². The van der Waals surface area contributed by atoms with Gasteiger partial charge in [-0.25, -0.2) is 0 Å². The van der Waals surface area contributed by atoms with Crippen molar-refractivity contribution >= 4 is 5.97 Å². The Hall–Kier alpha value is -0.650. The lowest BCUT2D eigenvalue weighted by Crippen LogP contribution is -2.40. The molecule has 0 aromatic heterocycles. The second kappa shape index (κ2) is 8.45. The molecule has 0 bridgehead atoms. The number of rotatable bonds is 6. The number of likely N-dealkylation sites (N-methyl/N-ethyl adjacent to an activating group) is 1. The Morgan fingerprint density at radius 1 is 1.61 bits per heavy atom. The van der Waals surface area contributed by atoms with Gasteiger partial charge in [-0.1, -0.05) is 0 Å². The normalized spacial score (nSPS) is 23.4. The Kier molecular flexibility index (Phi) is 7.23. The van der Waals surface area contributed by atoms with Gasteiger partial charge in [0.05, 0.1) is 12.7 Å². The Labute approximate surface area is 110 Å². The van der Waals surface area contributed by atoms with Gasteiger partial charge in [-0.3, -0.25) is 4.79 Å². The summed E-state index contributed by atoms with van der Waals surface area (Å²) in [6.45, 7) is 8.09. The maximum Gasteiger partial charge on any atom is 0.323 e. The van der Waals surface area contributed by atoms with E-state index in [2.05, 4.69) is 17.1 Å². The summed E-state index contributed by atoms with van der Waals surface area (Å²) in [5.74, 6) is -0.154. The minimum atomic E-state index is -0.204. The summed E-state index contributed by atoms with van der Waals surface area (Å²) in [6.07, 6.45) is 2.12. The Balaban J connectivity index is 2.34. The molecule has 0 aromatic rings. The Bertz CT molecular complexity index is 248. The summed E-state index contributed by atoms with van der Waals surface area (Å²) in [6, 6.07) is -0.204. The third-order valence-electron chi connectivity index (χ3n) is 3.19. The SMILES string of the molecule is CCOC(=O)C(CCN1CCCOC(C)C1)NC. The largest absolute Gasteiger partial charge is 0.465 e. The Morgan fingerprint density at radius 3 is 3.06 bits per heavy atom. The fraction of sp³-hybridized carbons (Fsp3) is 0.923. The number of carbonyl (C=O) groups is 1. The molecule has 0 saturated carbocycles. The van der Waals surface area contributed by atoms with Crippen molar-refractivity contribution in [1.29, 1.82) is 0 Å². The lowest BCUT2D eigenvalue weighted by Gasteiger charge is -2.23. The second-order valence-corrected chi connectivity index (χ2v) is 4.72. The highest BCUT2D eigenvalue weighted by Crippen LogP contribution is 2.07. The van der Waals surface area contributed by atoms with Gasteiger partial charge in [0.2, 0.25) is 0 Å². The van der Waals surface area contributed by atoms with Crippen LogP contribution in [-0.4, -0.2) is 62.9 Å². The third-order valence-corrected chi connectivity index (χ3v) is 3.19. The van der Waals surface area contributed by atoms with Gasteiger partial charge in [-0.2, -0.15) is 0 Å². The molecule has 1 N–H and O–H groups in total. The first-order valence-corrected chi connectivity index (χ1v) is 6.85. The Morgan fingerprint density at radius 2 is 2.39 bits per heavy atom. The van der Waals surface area contributed by atoms with Crippen molar-refractivity contribution in [2.45, 2.75) is 38.8 Å². The van der Waals surface area contributed by atoms with Crippen molar-refractivity contribution in [3.8, 4) is 0 Å². The highest BCUT2D eigenvalue weighted by Gasteiger charge is 2.20. The quantitative estimate of drug-likeness (QED) is 0.709. The average molecular weight is 258 g/mol. The van der Waals surface area contributed by atoms with E-state index in [1.807, 2.05) is 6.92 Å². The molecule has 18 heavy (non-hydrogen) atoms. The molecule has 1 aliphatic rings. The molecular formula is C13H26N2O3. The first kappa shape index (κ1) is 15.4. The van der Waals surface area contributed by atoms with Gasteiger partial charge in [0.25, 0.3) is 0 Å². The van der Waals surface area contributed by atoms with Gasteiger partial charge in [0.1, 0.15) is 6.04 Å². The number of hydrogen-bond donors (Lipinski definition) is 1. The minimum Gasteiger partial charge on any atom is -0.465 e. The molecule has 106 valence electrons. The van der Waals surface area contributed by atoms with Crippen LogP contribution in [0.15, 0.2) is 0 Å². The highest BCUT2D eigenvalue weighted by atomic mass is 16.5. The van der Waals surface area contributed by atoms with Crippen LogP contribution in [0.4, 0.5) is 0 Å². The van der Waals surface area contributed by atoms with Crippen LogP contribution in [0.5, 0.6) is 0 Å². The molecule has 2 unspecified atom stereocenters. The topological polar surface area (TPSA) is 50.8 Å². The number of nitrogens with zero attached hydrogens (tertiary/aromatic N) is 1. The molecule has 0 aromatic carbocycles. The van der Waals surface area contributed by atoms with E-state index in [4.69, 9.17) is 9.47 Å². The van der Waals surface area contributed by atoms with Crippen LogP contribution in [0.1, 0.15) is 26.7 Å². The number of hydrogen-bond acceptors (Lipinski definition) is 5. The van der Waals surface area contributed by atoms with E-state index in [0.717, 1.165) is 39.1 Å². The monoisotopic (exact) mass is 258 g/mol. The fourth-order valence-electron chi connectivity index (χ4n) is 2.22. The van der Waals surface area contributed by atoms with Gasteiger partial charge in [0, 0.05) is 26.2 Å². The van der Waals surface area contributed by atoms with Crippen LogP contribution in [-0.2, 0) is 14.3 Å². The number of nitrogens with one attached hydrogen (secondary N) is 1. The molecule has 1 rings (SSSR count). The summed E-state index contributed by atoms with van der Waals surface area (Å²) in [5, 5.41) is 3.02. The lowest BCUT2D eigenvalue weighted by molar-refractivity contribution is -0.145. The van der Waals surface area contributed by atoms with Crippen LogP contribution in [0.25, 0.3) is 0 Å². The average Bonchev–Trinajstić information content (AvgIpc) is 2.55. The summed E-state index contributed by atoms with van der Waals surface area (Å²) in [4.78, 5) is 14.0. The molecule has 0 spiro atoms. The fourth-order valence-corrected chi connectivity index (χ4v) is 2.22. The molecule has 1 fully saturated rings. The molecule has 5 heteroatoms. The van der Waals surface area contributed by atoms with Crippen molar-refractivity contribution in [3.63, 3.8) is 0 Å². The molecular weight excluding hydrogens is 232 g/mol. The standard InChI is InChI=1S/C13H26N2O3/c1-4-17-13(16)12(14-3)6-8-15-7-5-9-18-11(2)10-15/h11-12,14H,4-10H2,1-3H3. The van der Waals surface area contributed by atoms with Gasteiger partial charge >= 0.3 is 5.97 Å². The smallest absolute Gasteiger partial charge is 0.323 e. The van der Waals surface area contributed by atoms with Gasteiger partial charge in [-0.15, -0.1) is 0 Å². The van der Waals surface area contributed by atoms with Crippen LogP contribution in [0.3, 0.4) is 0 Å². The summed E-state index contributed by atoms with van der Waals surface area (Å²) in [5.41, 5.74) is 0. The van der Waals surface area contributed by atoms with Crippen molar-refractivity contribution in [2.75, 3.05) is 39.9 Å². The van der Waals surface area contributed by atoms with Crippen LogP contribution in [0, 0.1) is 0 Å². The molecule has 0 radical (unpaired) electrons. The van der Waals surface area contributed by atoms with Gasteiger partial charge in [0.15, 0.2) is 0 Å². The van der Waals surface area contributed by atoms with Crippen molar-refractivity contribution in [3.05, 3.63) is 0 Å². The van der Waals surface area contributed by atoms with Crippen LogP contribution in [0.2, 0.25) is 0 Å². The molecule has 2 atom stereocenters. The molecule has 0 aliphatic carbocycles. The molecule has 1 aliphatic heterocycles. The zero-order chi connectivity index (χ0) is 13.4. The molecule has 0 amide bonds. The van der Waals surface area contributed by atoms with Crippen molar-refractivity contribution in [2.24, 2.45) is 0 Å². The predicted octanol–water partition coefficient (Wildman–Crippen LogP) is 0.638. The van der Waals surface area contributed by atoms with Gasteiger partial charge in [-0.05, 0) is 33.7 Å². The van der Waals surface area contributed by atoms with Crippen LogP contribution < -0.4 is 5.32 Å². The van der Waals surface area contributed by atoms with E-state index >= 15 is 0 Å². The zero-order valence-electron chi connectivity index (χ0n) is 11.8. The van der Waals surface area contributed by atoms with E-state index in [1.165, 1.54) is 0 Å². The third kappa shape index (κ3) is 5.33. The molecule has 1 heterocycles. The van der Waals surface area contributed by atoms with Crippen molar-refractivity contribution < 1.29 is 14.3 Å². The summed E-state index contributed by atoms with van der Waals surface area (Å²) >= 11 is 0. The number of ether oxygens (including phenoxy) is 2. The van der Waals surface area contributed by atoms with Gasteiger partial charge < -0.3 is 19.7 Å². The zero-order valence-corrected chi connectivity index (χ0v) is 11.8. The van der Waals surface area contributed by atoms with Crippen molar-refractivity contribution in [1.82, 2.24) is 10.2 Å². The number of carbonyl (C=O) groups excluding carboxylic acids is 1.